The number of ether oxygens (including phenoxy) is 1. The minimum Gasteiger partial charge on any atom is -0.387 e. The van der Waals surface area contributed by atoms with Crippen LogP contribution in [0.1, 0.15) is 13.2 Å². The maximum absolute atomic E-state index is 11.9. The summed E-state index contributed by atoms with van der Waals surface area (Å²) in [5, 5.41) is 20.3. The zero-order valence-electron chi connectivity index (χ0n) is 14.8. The summed E-state index contributed by atoms with van der Waals surface area (Å²) in [6.07, 6.45) is -7.09. The van der Waals surface area contributed by atoms with E-state index in [2.05, 4.69) is 18.1 Å². The number of aromatic nitrogens is 2. The Bertz CT molecular complexity index is 978. The van der Waals surface area contributed by atoms with Gasteiger partial charge >= 0.3 is 29.2 Å². The fourth-order valence-corrected chi connectivity index (χ4v) is 5.69. The SMILES string of the molecule is C[C@H](OP(=O)(O)OP(=O)(O)OP(=O)(O)O)[C@H]1O[C@@H](n2ccc(N)nc2=O)[C@@H](O)[C@@H]1O. The first kappa shape index (κ1) is 25.2. The lowest BCUT2D eigenvalue weighted by Crippen LogP contribution is -2.38. The molecule has 172 valence electrons. The van der Waals surface area contributed by atoms with E-state index in [1.165, 1.54) is 6.07 Å². The van der Waals surface area contributed by atoms with Gasteiger partial charge in [-0.2, -0.15) is 13.6 Å². The Balaban J connectivity index is 2.13. The van der Waals surface area contributed by atoms with Crippen molar-refractivity contribution in [2.75, 3.05) is 5.73 Å². The predicted molar refractivity (Wildman–Crippen MR) is 93.2 cm³/mol. The first-order valence-corrected chi connectivity index (χ1v) is 12.2. The molecule has 0 spiro atoms. The van der Waals surface area contributed by atoms with Crippen LogP contribution in [-0.2, 0) is 31.6 Å². The van der Waals surface area contributed by atoms with Crippen LogP contribution in [0.4, 0.5) is 5.82 Å². The van der Waals surface area contributed by atoms with Crippen LogP contribution in [0, 0.1) is 0 Å². The van der Waals surface area contributed by atoms with Gasteiger partial charge in [-0.15, -0.1) is 0 Å². The molecule has 0 aromatic carbocycles. The van der Waals surface area contributed by atoms with Crippen molar-refractivity contribution in [3.8, 4) is 0 Å². The smallest absolute Gasteiger partial charge is 0.387 e. The van der Waals surface area contributed by atoms with Gasteiger partial charge in [0.05, 0.1) is 6.10 Å². The van der Waals surface area contributed by atoms with Gasteiger partial charge in [-0.25, -0.2) is 18.5 Å². The molecule has 2 heterocycles. The van der Waals surface area contributed by atoms with Crippen molar-refractivity contribution in [1.82, 2.24) is 9.55 Å². The molecule has 2 unspecified atom stereocenters. The third-order valence-corrected chi connectivity index (χ3v) is 7.51. The Hall–Kier alpha value is -1.03. The Morgan fingerprint density at radius 3 is 2.27 bits per heavy atom. The summed E-state index contributed by atoms with van der Waals surface area (Å²) in [5.41, 5.74) is 4.41. The van der Waals surface area contributed by atoms with Gasteiger partial charge in [0.15, 0.2) is 6.23 Å². The molecule has 0 saturated carbocycles. The van der Waals surface area contributed by atoms with Crippen LogP contribution < -0.4 is 11.4 Å². The molecule has 30 heavy (non-hydrogen) atoms. The van der Waals surface area contributed by atoms with Crippen LogP contribution in [0.3, 0.4) is 0 Å². The fourth-order valence-electron chi connectivity index (χ4n) is 2.49. The summed E-state index contributed by atoms with van der Waals surface area (Å²) in [6, 6.07) is 1.20. The molecule has 1 aromatic heterocycles. The Labute approximate surface area is 167 Å². The van der Waals surface area contributed by atoms with E-state index in [4.69, 9.17) is 25.2 Å². The maximum atomic E-state index is 11.9. The Morgan fingerprint density at radius 1 is 1.13 bits per heavy atom. The number of nitrogens with two attached hydrogens (primary N) is 1. The molecular weight excluding hydrogens is 479 g/mol. The highest BCUT2D eigenvalue weighted by molar-refractivity contribution is 7.66. The highest BCUT2D eigenvalue weighted by Crippen LogP contribution is 2.66. The van der Waals surface area contributed by atoms with E-state index in [1.54, 1.807) is 0 Å². The van der Waals surface area contributed by atoms with E-state index in [0.29, 0.717) is 0 Å². The number of aliphatic hydroxyl groups excluding tert-OH is 2. The van der Waals surface area contributed by atoms with Crippen molar-refractivity contribution in [3.63, 3.8) is 0 Å². The third-order valence-electron chi connectivity index (χ3n) is 3.58. The number of aliphatic hydroxyl groups is 2. The molecule has 8 N–H and O–H groups in total. The highest BCUT2D eigenvalue weighted by Gasteiger charge is 2.49. The van der Waals surface area contributed by atoms with Crippen molar-refractivity contribution >= 4 is 29.3 Å². The highest BCUT2D eigenvalue weighted by atomic mass is 31.3. The van der Waals surface area contributed by atoms with Crippen LogP contribution in [0.15, 0.2) is 17.1 Å². The Morgan fingerprint density at radius 2 is 1.73 bits per heavy atom. The molecule has 20 heteroatoms. The van der Waals surface area contributed by atoms with Gasteiger partial charge in [0.1, 0.15) is 24.1 Å². The van der Waals surface area contributed by atoms with Gasteiger partial charge in [0, 0.05) is 6.20 Å². The summed E-state index contributed by atoms with van der Waals surface area (Å²) in [4.78, 5) is 51.0. The molecule has 0 amide bonds. The number of anilines is 1. The average molecular weight is 497 g/mol. The summed E-state index contributed by atoms with van der Waals surface area (Å²) >= 11 is 0. The second-order valence-electron chi connectivity index (χ2n) is 5.92. The van der Waals surface area contributed by atoms with E-state index >= 15 is 0 Å². The number of hydrogen-bond acceptors (Lipinski definition) is 12. The van der Waals surface area contributed by atoms with Gasteiger partial charge in [-0.3, -0.25) is 9.09 Å². The predicted octanol–water partition coefficient (Wildman–Crippen LogP) is -1.82. The van der Waals surface area contributed by atoms with Crippen molar-refractivity contribution in [2.45, 2.75) is 37.6 Å². The summed E-state index contributed by atoms with van der Waals surface area (Å²) < 4.78 is 51.6. The molecule has 0 aliphatic carbocycles. The van der Waals surface area contributed by atoms with Crippen molar-refractivity contribution in [3.05, 3.63) is 22.7 Å². The molecule has 1 fully saturated rings. The molecular formula is C10H18N3O14P3. The van der Waals surface area contributed by atoms with Crippen LogP contribution in [0.25, 0.3) is 0 Å². The number of rotatable bonds is 8. The topological polar surface area (TPSA) is 270 Å². The zero-order chi connectivity index (χ0) is 23.1. The second-order valence-corrected chi connectivity index (χ2v) is 10.3. The first-order chi connectivity index (χ1) is 13.5. The number of hydrogen-bond donors (Lipinski definition) is 7. The van der Waals surface area contributed by atoms with Gasteiger partial charge in [0.25, 0.3) is 0 Å². The number of nitrogen functional groups attached to an aromatic ring is 1. The second kappa shape index (κ2) is 8.84. The summed E-state index contributed by atoms with van der Waals surface area (Å²) in [6.45, 7) is 1.03. The summed E-state index contributed by atoms with van der Waals surface area (Å²) in [5.74, 6) is -0.123. The van der Waals surface area contributed by atoms with E-state index in [1.807, 2.05) is 0 Å². The van der Waals surface area contributed by atoms with Crippen LogP contribution in [0.5, 0.6) is 0 Å². The van der Waals surface area contributed by atoms with Crippen LogP contribution in [-0.4, -0.2) is 63.8 Å². The molecule has 17 nitrogen and oxygen atoms in total. The van der Waals surface area contributed by atoms with Crippen molar-refractivity contribution in [1.29, 1.82) is 0 Å². The first-order valence-electron chi connectivity index (χ1n) is 7.70. The maximum Gasteiger partial charge on any atom is 0.490 e. The normalized spacial score (nSPS) is 29.8. The van der Waals surface area contributed by atoms with E-state index in [0.717, 1.165) is 17.7 Å². The lowest BCUT2D eigenvalue weighted by molar-refractivity contribution is -0.0781. The standard InChI is InChI=1S/C10H18N3O14P3/c1-4(25-29(20,21)27-30(22,23)26-28(17,18)19)8-6(14)7(15)9(24-8)13-3-2-5(11)12-10(13)16/h2-4,6-9,14-15H,1H3,(H,20,21)(H,22,23)(H2,11,12,16)(H2,17,18,19)/t4-,6-,7-,8+,9+/m0/s1. The van der Waals surface area contributed by atoms with Crippen LogP contribution in [0.2, 0.25) is 0 Å². The lowest BCUT2D eigenvalue weighted by Gasteiger charge is -2.24. The molecule has 0 bridgehead atoms. The molecule has 7 atom stereocenters. The minimum atomic E-state index is -5.74. The summed E-state index contributed by atoms with van der Waals surface area (Å²) in [7, 11) is -16.8. The molecule has 0 radical (unpaired) electrons. The Kier molecular flexibility index (Phi) is 7.44. The van der Waals surface area contributed by atoms with E-state index < -0.39 is 59.8 Å². The number of phosphoric acid groups is 3. The van der Waals surface area contributed by atoms with E-state index in [9.17, 15) is 33.6 Å². The minimum absolute atomic E-state index is 0.123. The molecule has 1 saturated heterocycles. The quantitative estimate of drug-likeness (QED) is 0.195. The molecule has 1 aliphatic heterocycles. The largest absolute Gasteiger partial charge is 0.490 e. The molecule has 2 rings (SSSR count). The number of nitrogens with zero attached hydrogens (tertiary/aromatic N) is 2. The van der Waals surface area contributed by atoms with Gasteiger partial charge in [0.2, 0.25) is 0 Å². The monoisotopic (exact) mass is 497 g/mol. The fraction of sp³-hybridized carbons (Fsp3) is 0.600. The van der Waals surface area contributed by atoms with Crippen LogP contribution >= 0.6 is 23.5 Å². The third kappa shape index (κ3) is 6.48. The van der Waals surface area contributed by atoms with Crippen molar-refractivity contribution in [2.24, 2.45) is 0 Å². The van der Waals surface area contributed by atoms with Crippen molar-refractivity contribution < 1.29 is 61.4 Å². The van der Waals surface area contributed by atoms with Gasteiger partial charge in [-0.1, -0.05) is 0 Å². The number of phosphoric ester groups is 1. The van der Waals surface area contributed by atoms with Gasteiger partial charge < -0.3 is 40.3 Å². The van der Waals surface area contributed by atoms with E-state index in [-0.39, 0.29) is 5.82 Å². The average Bonchev–Trinajstić information content (AvgIpc) is 2.79. The zero-order valence-corrected chi connectivity index (χ0v) is 17.5. The van der Waals surface area contributed by atoms with Gasteiger partial charge in [-0.05, 0) is 13.0 Å². The molecule has 1 aromatic rings. The lowest BCUT2D eigenvalue weighted by atomic mass is 10.1. The molecule has 1 aliphatic rings.